The highest BCUT2D eigenvalue weighted by Gasteiger charge is 2.48. The molecule has 0 aliphatic carbocycles. The topological polar surface area (TPSA) is 31.0 Å². The molecule has 0 aromatic rings. The van der Waals surface area contributed by atoms with Gasteiger partial charge in [-0.05, 0) is 13.8 Å². The maximum absolute atomic E-state index is 5.66. The van der Waals surface area contributed by atoms with Crippen LogP contribution in [-0.4, -0.2) is 30.7 Å². The van der Waals surface area contributed by atoms with Crippen molar-refractivity contribution in [2.24, 2.45) is 0 Å². The number of hydrogen-bond acceptors (Lipinski definition) is 3. The van der Waals surface area contributed by atoms with E-state index in [4.69, 9.17) is 14.2 Å². The normalized spacial score (nSPS) is 44.3. The number of hydrogen-bond donors (Lipinski definition) is 0. The lowest BCUT2D eigenvalue weighted by Crippen LogP contribution is -2.26. The average Bonchev–Trinajstić information content (AvgIpc) is 2.76. The molecule has 0 saturated carbocycles. The highest BCUT2D eigenvalue weighted by Crippen LogP contribution is 2.34. The Morgan fingerprint density at radius 2 is 2.08 bits per heavy atom. The van der Waals surface area contributed by atoms with Gasteiger partial charge >= 0.3 is 0 Å². The lowest BCUT2D eigenvalue weighted by molar-refractivity contribution is -0.144. The summed E-state index contributed by atoms with van der Waals surface area (Å²) in [4.78, 5) is 0. The van der Waals surface area contributed by atoms with Gasteiger partial charge in [0.1, 0.15) is 18.3 Å². The van der Waals surface area contributed by atoms with Crippen LogP contribution < -0.4 is 0 Å². The second kappa shape index (κ2) is 2.55. The molecule has 0 unspecified atom stereocenters. The predicted molar refractivity (Wildman–Crippen MR) is 43.8 cm³/mol. The van der Waals surface area contributed by atoms with Crippen LogP contribution >= 0.6 is 0 Å². The van der Waals surface area contributed by atoms with Crippen LogP contribution in [0.15, 0.2) is 12.7 Å². The lowest BCUT2D eigenvalue weighted by Gasteiger charge is -2.15. The van der Waals surface area contributed by atoms with Gasteiger partial charge in [0.2, 0.25) is 0 Å². The summed E-state index contributed by atoms with van der Waals surface area (Å²) in [6.07, 6.45) is 2.01. The molecular formula is C9H14O3. The van der Waals surface area contributed by atoms with Crippen LogP contribution in [0.5, 0.6) is 0 Å². The van der Waals surface area contributed by atoms with E-state index >= 15 is 0 Å². The molecule has 2 aliphatic heterocycles. The summed E-state index contributed by atoms with van der Waals surface area (Å²) in [5.74, 6) is -0.491. The van der Waals surface area contributed by atoms with Gasteiger partial charge in [0.15, 0.2) is 5.79 Å². The zero-order valence-electron chi connectivity index (χ0n) is 7.45. The van der Waals surface area contributed by atoms with Crippen LogP contribution in [0.2, 0.25) is 0 Å². The molecule has 2 heterocycles. The molecule has 2 rings (SSSR count). The smallest absolute Gasteiger partial charge is 0.164 e. The van der Waals surface area contributed by atoms with Gasteiger partial charge < -0.3 is 14.2 Å². The molecule has 0 aromatic carbocycles. The third kappa shape index (κ3) is 1.40. The van der Waals surface area contributed by atoms with Crippen molar-refractivity contribution in [1.29, 1.82) is 0 Å². The summed E-state index contributed by atoms with van der Waals surface area (Å²) in [7, 11) is 0. The van der Waals surface area contributed by atoms with Crippen LogP contribution in [0.1, 0.15) is 13.8 Å². The molecule has 0 spiro atoms. The molecule has 2 fully saturated rings. The third-order valence-corrected chi connectivity index (χ3v) is 2.12. The Labute approximate surface area is 72.3 Å². The quantitative estimate of drug-likeness (QED) is 0.459. The largest absolute Gasteiger partial charge is 0.370 e. The Balaban J connectivity index is 2.07. The molecule has 3 atom stereocenters. The average molecular weight is 170 g/mol. The van der Waals surface area contributed by atoms with E-state index in [1.807, 2.05) is 13.8 Å². The molecule has 0 N–H and O–H groups in total. The minimum atomic E-state index is -0.491. The van der Waals surface area contributed by atoms with Crippen molar-refractivity contribution in [3.05, 3.63) is 12.7 Å². The summed E-state index contributed by atoms with van der Waals surface area (Å²) >= 11 is 0. The Kier molecular flexibility index (Phi) is 1.75. The van der Waals surface area contributed by atoms with E-state index in [-0.39, 0.29) is 18.3 Å². The molecule has 0 aromatic heterocycles. The van der Waals surface area contributed by atoms with E-state index in [1.54, 1.807) is 6.08 Å². The number of epoxide rings is 1. The fourth-order valence-corrected chi connectivity index (χ4v) is 1.53. The van der Waals surface area contributed by atoms with Gasteiger partial charge in [-0.2, -0.15) is 0 Å². The van der Waals surface area contributed by atoms with Gasteiger partial charge in [-0.3, -0.25) is 0 Å². The molecule has 0 amide bonds. The van der Waals surface area contributed by atoms with Crippen molar-refractivity contribution < 1.29 is 14.2 Å². The maximum Gasteiger partial charge on any atom is 0.164 e. The lowest BCUT2D eigenvalue weighted by atomic mass is 10.1. The van der Waals surface area contributed by atoms with E-state index in [9.17, 15) is 0 Å². The van der Waals surface area contributed by atoms with Crippen molar-refractivity contribution in [2.45, 2.75) is 37.9 Å². The third-order valence-electron chi connectivity index (χ3n) is 2.12. The van der Waals surface area contributed by atoms with Gasteiger partial charge in [-0.25, -0.2) is 0 Å². The fraction of sp³-hybridized carbons (Fsp3) is 0.778. The first-order valence-corrected chi connectivity index (χ1v) is 4.22. The first-order chi connectivity index (χ1) is 5.62. The molecular weight excluding hydrogens is 156 g/mol. The first-order valence-electron chi connectivity index (χ1n) is 4.22. The van der Waals surface area contributed by atoms with Crippen molar-refractivity contribution >= 4 is 0 Å². The van der Waals surface area contributed by atoms with Crippen LogP contribution in [0, 0.1) is 0 Å². The highest BCUT2D eigenvalue weighted by molar-refractivity contribution is 4.99. The van der Waals surface area contributed by atoms with Gasteiger partial charge in [-0.15, -0.1) is 6.58 Å². The number of ether oxygens (including phenoxy) is 3. The van der Waals surface area contributed by atoms with Gasteiger partial charge in [0.25, 0.3) is 0 Å². The van der Waals surface area contributed by atoms with Gasteiger partial charge in [0, 0.05) is 0 Å². The molecule has 0 bridgehead atoms. The van der Waals surface area contributed by atoms with Gasteiger partial charge in [0.05, 0.1) is 6.61 Å². The van der Waals surface area contributed by atoms with E-state index in [0.717, 1.165) is 6.61 Å². The summed E-state index contributed by atoms with van der Waals surface area (Å²) < 4.78 is 16.4. The van der Waals surface area contributed by atoms with Crippen LogP contribution in [-0.2, 0) is 14.2 Å². The van der Waals surface area contributed by atoms with Crippen molar-refractivity contribution in [3.8, 4) is 0 Å². The summed E-state index contributed by atoms with van der Waals surface area (Å²) in [6, 6.07) is 0. The van der Waals surface area contributed by atoms with E-state index < -0.39 is 5.79 Å². The Hall–Kier alpha value is -0.380. The van der Waals surface area contributed by atoms with Crippen LogP contribution in [0.4, 0.5) is 0 Å². The Morgan fingerprint density at radius 3 is 2.58 bits per heavy atom. The first kappa shape index (κ1) is 8.23. The maximum atomic E-state index is 5.66. The van der Waals surface area contributed by atoms with E-state index in [0.29, 0.717) is 0 Å². The standard InChI is InChI=1S/C9H14O3/c1-4-6-8(7-5-10-7)12-9(2,3)11-6/h4,6-8H,1,5H2,2-3H3/t6-,7+,8+/m1/s1. The molecule has 2 saturated heterocycles. The molecule has 0 radical (unpaired) electrons. The Bertz CT molecular complexity index is 196. The summed E-state index contributed by atoms with van der Waals surface area (Å²) in [5.41, 5.74) is 0. The highest BCUT2D eigenvalue weighted by atomic mass is 16.8. The minimum Gasteiger partial charge on any atom is -0.370 e. The SMILES string of the molecule is C=C[C@H]1OC(C)(C)O[C@@H]1[C@@H]1CO1. The van der Waals surface area contributed by atoms with E-state index in [1.165, 1.54) is 0 Å². The summed E-state index contributed by atoms with van der Waals surface area (Å²) in [5, 5.41) is 0. The fourth-order valence-electron chi connectivity index (χ4n) is 1.53. The Morgan fingerprint density at radius 1 is 1.42 bits per heavy atom. The van der Waals surface area contributed by atoms with E-state index in [2.05, 4.69) is 6.58 Å². The van der Waals surface area contributed by atoms with Gasteiger partial charge in [-0.1, -0.05) is 6.08 Å². The minimum absolute atomic E-state index is 0.0208. The zero-order valence-corrected chi connectivity index (χ0v) is 7.45. The zero-order chi connectivity index (χ0) is 8.77. The molecule has 3 nitrogen and oxygen atoms in total. The van der Waals surface area contributed by atoms with Crippen LogP contribution in [0.3, 0.4) is 0 Å². The molecule has 3 heteroatoms. The van der Waals surface area contributed by atoms with Crippen molar-refractivity contribution in [2.75, 3.05) is 6.61 Å². The number of rotatable bonds is 2. The second-order valence-electron chi connectivity index (χ2n) is 3.67. The molecule has 2 aliphatic rings. The van der Waals surface area contributed by atoms with Crippen molar-refractivity contribution in [3.63, 3.8) is 0 Å². The summed E-state index contributed by atoms with van der Waals surface area (Å²) in [6.45, 7) is 8.31. The molecule has 68 valence electrons. The van der Waals surface area contributed by atoms with Crippen molar-refractivity contribution in [1.82, 2.24) is 0 Å². The van der Waals surface area contributed by atoms with Crippen LogP contribution in [0.25, 0.3) is 0 Å². The monoisotopic (exact) mass is 170 g/mol. The second-order valence-corrected chi connectivity index (χ2v) is 3.67. The molecule has 12 heavy (non-hydrogen) atoms. The predicted octanol–water partition coefficient (Wildman–Crippen LogP) is 1.09.